The van der Waals surface area contributed by atoms with E-state index in [1.54, 1.807) is 19.1 Å². The monoisotopic (exact) mass is 191 g/mol. The molecule has 0 aromatic heterocycles. The zero-order valence-electron chi connectivity index (χ0n) is 8.31. The summed E-state index contributed by atoms with van der Waals surface area (Å²) in [5.41, 5.74) is 6.83. The molecule has 1 aromatic carbocycles. The van der Waals surface area contributed by atoms with Crippen molar-refractivity contribution in [2.24, 2.45) is 5.73 Å². The van der Waals surface area contributed by atoms with Crippen LogP contribution in [0.2, 0.25) is 0 Å². The van der Waals surface area contributed by atoms with Crippen LogP contribution >= 0.6 is 0 Å². The summed E-state index contributed by atoms with van der Waals surface area (Å²) in [6, 6.07) is 4.89. The molecule has 1 rings (SSSR count). The maximum absolute atomic E-state index is 12.9. The van der Waals surface area contributed by atoms with Crippen LogP contribution in [0.3, 0.4) is 0 Å². The van der Waals surface area contributed by atoms with Crippen molar-refractivity contribution in [3.05, 3.63) is 35.1 Å². The molecule has 1 nitrogen and oxygen atoms in total. The smallest absolute Gasteiger partial charge is 0.126 e. The second-order valence-electron chi connectivity index (χ2n) is 3.16. The molecule has 0 heterocycles. The van der Waals surface area contributed by atoms with Gasteiger partial charge < -0.3 is 5.73 Å². The first kappa shape index (κ1) is 10.7. The summed E-state index contributed by atoms with van der Waals surface area (Å²) >= 11 is 0. The third-order valence-corrected chi connectivity index (χ3v) is 1.90. The van der Waals surface area contributed by atoms with E-state index in [1.165, 1.54) is 6.07 Å². The molecule has 0 spiro atoms. The Bertz CT molecular complexity index is 360. The van der Waals surface area contributed by atoms with Crippen molar-refractivity contribution < 1.29 is 4.39 Å². The number of unbranched alkanes of at least 4 members (excludes halogenated alkanes) is 1. The fraction of sp³-hybridized carbons (Fsp3) is 0.333. The van der Waals surface area contributed by atoms with Gasteiger partial charge in [0.25, 0.3) is 0 Å². The number of rotatable bonds is 2. The molecule has 0 bridgehead atoms. The van der Waals surface area contributed by atoms with Crippen molar-refractivity contribution >= 4 is 0 Å². The molecule has 2 N–H and O–H groups in total. The Kier molecular flexibility index (Phi) is 4.15. The van der Waals surface area contributed by atoms with E-state index in [2.05, 4.69) is 11.8 Å². The van der Waals surface area contributed by atoms with Gasteiger partial charge >= 0.3 is 0 Å². The molecule has 0 saturated heterocycles. The fourth-order valence-corrected chi connectivity index (χ4v) is 1.08. The molecule has 74 valence electrons. The second-order valence-corrected chi connectivity index (χ2v) is 3.16. The second kappa shape index (κ2) is 5.41. The summed E-state index contributed by atoms with van der Waals surface area (Å²) in [5.74, 6) is 5.79. The van der Waals surface area contributed by atoms with Crippen LogP contribution in [0.15, 0.2) is 18.2 Å². The van der Waals surface area contributed by atoms with Gasteiger partial charge in [-0.1, -0.05) is 11.8 Å². The van der Waals surface area contributed by atoms with E-state index in [0.717, 1.165) is 18.4 Å². The first-order valence-electron chi connectivity index (χ1n) is 4.69. The van der Waals surface area contributed by atoms with E-state index in [0.29, 0.717) is 12.1 Å². The highest BCUT2D eigenvalue weighted by molar-refractivity contribution is 5.37. The predicted octanol–water partition coefficient (Wildman–Crippen LogP) is 2.22. The summed E-state index contributed by atoms with van der Waals surface area (Å²) in [6.07, 6.45) is 1.71. The standard InChI is InChI=1S/C12H14FN/c1-10-9-11(6-7-12(10)13)5-3-2-4-8-14/h6-7,9H,2,4,8,14H2,1H3. The molecule has 2 heteroatoms. The minimum Gasteiger partial charge on any atom is -0.330 e. The highest BCUT2D eigenvalue weighted by Crippen LogP contribution is 2.07. The van der Waals surface area contributed by atoms with Crippen LogP contribution in [0.4, 0.5) is 4.39 Å². The lowest BCUT2D eigenvalue weighted by Crippen LogP contribution is -1.96. The van der Waals surface area contributed by atoms with Gasteiger partial charge in [-0.25, -0.2) is 4.39 Å². The maximum Gasteiger partial charge on any atom is 0.126 e. The summed E-state index contributed by atoms with van der Waals surface area (Å²) in [6.45, 7) is 2.40. The van der Waals surface area contributed by atoms with Crippen LogP contribution in [0.25, 0.3) is 0 Å². The minimum atomic E-state index is -0.183. The van der Waals surface area contributed by atoms with Gasteiger partial charge in [0.2, 0.25) is 0 Å². The van der Waals surface area contributed by atoms with E-state index in [1.807, 2.05) is 0 Å². The molecule has 0 radical (unpaired) electrons. The third-order valence-electron chi connectivity index (χ3n) is 1.90. The topological polar surface area (TPSA) is 26.0 Å². The number of aryl methyl sites for hydroxylation is 1. The summed E-state index contributed by atoms with van der Waals surface area (Å²) in [7, 11) is 0. The molecule has 0 fully saturated rings. The summed E-state index contributed by atoms with van der Waals surface area (Å²) in [4.78, 5) is 0. The Hall–Kier alpha value is -1.33. The minimum absolute atomic E-state index is 0.183. The molecule has 0 atom stereocenters. The van der Waals surface area contributed by atoms with Crippen LogP contribution in [0, 0.1) is 24.6 Å². The fourth-order valence-electron chi connectivity index (χ4n) is 1.08. The molecule has 0 aliphatic carbocycles. The SMILES string of the molecule is Cc1cc(C#CCCCN)ccc1F. The summed E-state index contributed by atoms with van der Waals surface area (Å²) in [5, 5.41) is 0. The van der Waals surface area contributed by atoms with Gasteiger partial charge in [0.15, 0.2) is 0 Å². The molecule has 0 saturated carbocycles. The van der Waals surface area contributed by atoms with Crippen LogP contribution in [0.5, 0.6) is 0 Å². The zero-order valence-corrected chi connectivity index (χ0v) is 8.31. The van der Waals surface area contributed by atoms with Gasteiger partial charge in [-0.05, 0) is 43.7 Å². The Labute approximate surface area is 84.1 Å². The molecule has 0 unspecified atom stereocenters. The van der Waals surface area contributed by atoms with E-state index >= 15 is 0 Å². The van der Waals surface area contributed by atoms with Gasteiger partial charge in [0, 0.05) is 12.0 Å². The summed E-state index contributed by atoms with van der Waals surface area (Å²) < 4.78 is 12.9. The number of benzene rings is 1. The van der Waals surface area contributed by atoms with Gasteiger partial charge in [0.05, 0.1) is 0 Å². The lowest BCUT2D eigenvalue weighted by molar-refractivity contribution is 0.618. The zero-order chi connectivity index (χ0) is 10.4. The quantitative estimate of drug-likeness (QED) is 0.563. The van der Waals surface area contributed by atoms with Crippen LogP contribution in [-0.4, -0.2) is 6.54 Å². The number of nitrogens with two attached hydrogens (primary N) is 1. The predicted molar refractivity (Wildman–Crippen MR) is 56.3 cm³/mol. The van der Waals surface area contributed by atoms with Crippen molar-refractivity contribution in [3.63, 3.8) is 0 Å². The molecule has 0 aliphatic rings. The highest BCUT2D eigenvalue weighted by Gasteiger charge is 1.95. The number of hydrogen-bond donors (Lipinski definition) is 1. The molecule has 0 amide bonds. The van der Waals surface area contributed by atoms with Crippen molar-refractivity contribution in [2.75, 3.05) is 6.54 Å². The van der Waals surface area contributed by atoms with Crippen molar-refractivity contribution in [3.8, 4) is 11.8 Å². The van der Waals surface area contributed by atoms with Crippen LogP contribution < -0.4 is 5.73 Å². The first-order valence-corrected chi connectivity index (χ1v) is 4.69. The van der Waals surface area contributed by atoms with Crippen molar-refractivity contribution in [2.45, 2.75) is 19.8 Å². The van der Waals surface area contributed by atoms with E-state index in [9.17, 15) is 4.39 Å². The molecule has 1 aromatic rings. The Morgan fingerprint density at radius 1 is 1.43 bits per heavy atom. The van der Waals surface area contributed by atoms with E-state index in [-0.39, 0.29) is 5.82 Å². The van der Waals surface area contributed by atoms with Gasteiger partial charge in [-0.15, -0.1) is 0 Å². The van der Waals surface area contributed by atoms with Gasteiger partial charge in [-0.3, -0.25) is 0 Å². The molecular weight excluding hydrogens is 177 g/mol. The van der Waals surface area contributed by atoms with Crippen LogP contribution in [-0.2, 0) is 0 Å². The lowest BCUT2D eigenvalue weighted by atomic mass is 10.1. The average molecular weight is 191 g/mol. The molecule has 14 heavy (non-hydrogen) atoms. The highest BCUT2D eigenvalue weighted by atomic mass is 19.1. The Morgan fingerprint density at radius 2 is 2.21 bits per heavy atom. The molecular formula is C12H14FN. The van der Waals surface area contributed by atoms with E-state index in [4.69, 9.17) is 5.73 Å². The largest absolute Gasteiger partial charge is 0.330 e. The third kappa shape index (κ3) is 3.20. The number of hydrogen-bond acceptors (Lipinski definition) is 1. The lowest BCUT2D eigenvalue weighted by Gasteiger charge is -1.95. The van der Waals surface area contributed by atoms with Crippen molar-refractivity contribution in [1.82, 2.24) is 0 Å². The normalized spacial score (nSPS) is 9.36. The number of halogens is 1. The Morgan fingerprint density at radius 3 is 2.86 bits per heavy atom. The maximum atomic E-state index is 12.9. The van der Waals surface area contributed by atoms with Crippen molar-refractivity contribution in [1.29, 1.82) is 0 Å². The Balaban J connectivity index is 2.66. The van der Waals surface area contributed by atoms with E-state index < -0.39 is 0 Å². The average Bonchev–Trinajstić information content (AvgIpc) is 2.18. The van der Waals surface area contributed by atoms with Crippen LogP contribution in [0.1, 0.15) is 24.0 Å². The van der Waals surface area contributed by atoms with Gasteiger partial charge in [-0.2, -0.15) is 0 Å². The first-order chi connectivity index (χ1) is 6.74. The molecule has 0 aliphatic heterocycles. The van der Waals surface area contributed by atoms with Gasteiger partial charge in [0.1, 0.15) is 5.82 Å².